The Morgan fingerprint density at radius 2 is 2.08 bits per heavy atom. The third kappa shape index (κ3) is 1.23. The van der Waals surface area contributed by atoms with Crippen molar-refractivity contribution in [2.75, 3.05) is 0 Å². The Labute approximate surface area is 73.0 Å². The van der Waals surface area contributed by atoms with Gasteiger partial charge < -0.3 is 0 Å². The molecule has 0 unspecified atom stereocenters. The van der Waals surface area contributed by atoms with Gasteiger partial charge in [-0.25, -0.2) is 9.97 Å². The average molecular weight is 183 g/mol. The van der Waals surface area contributed by atoms with Crippen LogP contribution in [0.2, 0.25) is 5.02 Å². The van der Waals surface area contributed by atoms with E-state index in [0.717, 1.165) is 6.20 Å². The fraction of sp³-hybridized carbons (Fsp3) is 0. The lowest BCUT2D eigenvalue weighted by atomic mass is 10.3. The lowest BCUT2D eigenvalue weighted by molar-refractivity contribution is 0.583. The van der Waals surface area contributed by atoms with Crippen molar-refractivity contribution < 1.29 is 4.39 Å². The van der Waals surface area contributed by atoms with Gasteiger partial charge in [0, 0.05) is 5.02 Å². The maximum Gasteiger partial charge on any atom is 0.231 e. The standard InChI is InChI=1S/C8H4ClFN2/c9-5-1-2-6-7(3-5)12-8(10)4-11-6/h1-4H. The zero-order valence-corrected chi connectivity index (χ0v) is 6.72. The molecule has 0 aliphatic heterocycles. The second-order valence-corrected chi connectivity index (χ2v) is 2.76. The van der Waals surface area contributed by atoms with Crippen LogP contribution in [0.3, 0.4) is 0 Å². The van der Waals surface area contributed by atoms with Gasteiger partial charge in [-0.3, -0.25) is 0 Å². The molecule has 1 aromatic heterocycles. The van der Waals surface area contributed by atoms with Gasteiger partial charge in [-0.1, -0.05) is 11.6 Å². The zero-order valence-electron chi connectivity index (χ0n) is 5.96. The number of nitrogens with zero attached hydrogens (tertiary/aromatic N) is 2. The van der Waals surface area contributed by atoms with Gasteiger partial charge in [0.2, 0.25) is 5.95 Å². The predicted octanol–water partition coefficient (Wildman–Crippen LogP) is 2.42. The normalized spacial score (nSPS) is 10.5. The summed E-state index contributed by atoms with van der Waals surface area (Å²) < 4.78 is 12.6. The van der Waals surface area contributed by atoms with E-state index in [2.05, 4.69) is 9.97 Å². The summed E-state index contributed by atoms with van der Waals surface area (Å²) in [6.07, 6.45) is 1.08. The van der Waals surface area contributed by atoms with Crippen molar-refractivity contribution in [1.82, 2.24) is 9.97 Å². The molecule has 0 saturated heterocycles. The fourth-order valence-electron chi connectivity index (χ4n) is 0.962. The van der Waals surface area contributed by atoms with Crippen molar-refractivity contribution in [3.63, 3.8) is 0 Å². The number of halogens is 2. The summed E-state index contributed by atoms with van der Waals surface area (Å²) in [6, 6.07) is 4.97. The van der Waals surface area contributed by atoms with Crippen LogP contribution < -0.4 is 0 Å². The molecule has 0 saturated carbocycles. The number of rotatable bonds is 0. The molecule has 4 heteroatoms. The van der Waals surface area contributed by atoms with Crippen molar-refractivity contribution in [3.8, 4) is 0 Å². The molecule has 0 atom stereocenters. The SMILES string of the molecule is Fc1cnc2ccc(Cl)cc2n1. The highest BCUT2D eigenvalue weighted by atomic mass is 35.5. The van der Waals surface area contributed by atoms with Crippen molar-refractivity contribution in [1.29, 1.82) is 0 Å². The van der Waals surface area contributed by atoms with Gasteiger partial charge in [-0.05, 0) is 18.2 Å². The van der Waals surface area contributed by atoms with Gasteiger partial charge in [0.05, 0.1) is 17.2 Å². The van der Waals surface area contributed by atoms with Crippen molar-refractivity contribution in [2.45, 2.75) is 0 Å². The zero-order chi connectivity index (χ0) is 8.55. The van der Waals surface area contributed by atoms with Crippen molar-refractivity contribution >= 4 is 22.6 Å². The highest BCUT2D eigenvalue weighted by Crippen LogP contribution is 2.15. The molecule has 0 N–H and O–H groups in total. The van der Waals surface area contributed by atoms with Crippen LogP contribution >= 0.6 is 11.6 Å². The fourth-order valence-corrected chi connectivity index (χ4v) is 1.13. The molecule has 2 rings (SSSR count). The monoisotopic (exact) mass is 182 g/mol. The van der Waals surface area contributed by atoms with E-state index in [1.165, 1.54) is 0 Å². The quantitative estimate of drug-likeness (QED) is 0.625. The van der Waals surface area contributed by atoms with Crippen LogP contribution in [0.4, 0.5) is 4.39 Å². The summed E-state index contributed by atoms with van der Waals surface area (Å²) >= 11 is 5.68. The van der Waals surface area contributed by atoms with Crippen LogP contribution in [0.1, 0.15) is 0 Å². The minimum Gasteiger partial charge on any atom is -0.250 e. The molecule has 60 valence electrons. The molecule has 0 aliphatic rings. The van der Waals surface area contributed by atoms with E-state index in [4.69, 9.17) is 11.6 Å². The molecule has 0 bridgehead atoms. The molecule has 2 nitrogen and oxygen atoms in total. The number of hydrogen-bond acceptors (Lipinski definition) is 2. The number of hydrogen-bond donors (Lipinski definition) is 0. The van der Waals surface area contributed by atoms with Gasteiger partial charge in [0.25, 0.3) is 0 Å². The maximum absolute atomic E-state index is 12.6. The first-order chi connectivity index (χ1) is 5.75. The van der Waals surface area contributed by atoms with Crippen LogP contribution in [0.25, 0.3) is 11.0 Å². The third-order valence-electron chi connectivity index (χ3n) is 1.47. The van der Waals surface area contributed by atoms with E-state index in [1.54, 1.807) is 18.2 Å². The molecule has 0 radical (unpaired) electrons. The first-order valence-corrected chi connectivity index (χ1v) is 3.71. The summed E-state index contributed by atoms with van der Waals surface area (Å²) in [6.45, 7) is 0. The van der Waals surface area contributed by atoms with Crippen LogP contribution in [0.15, 0.2) is 24.4 Å². The molecule has 0 amide bonds. The Morgan fingerprint density at radius 1 is 1.25 bits per heavy atom. The minimum atomic E-state index is -0.593. The summed E-state index contributed by atoms with van der Waals surface area (Å²) in [4.78, 5) is 7.45. The molecule has 1 aromatic carbocycles. The lowest BCUT2D eigenvalue weighted by Gasteiger charge is -1.95. The lowest BCUT2D eigenvalue weighted by Crippen LogP contribution is -1.86. The summed E-state index contributed by atoms with van der Waals surface area (Å²) in [7, 11) is 0. The van der Waals surface area contributed by atoms with Gasteiger partial charge >= 0.3 is 0 Å². The first kappa shape index (κ1) is 7.43. The topological polar surface area (TPSA) is 25.8 Å². The number of benzene rings is 1. The second-order valence-electron chi connectivity index (χ2n) is 2.33. The van der Waals surface area contributed by atoms with Crippen LogP contribution in [0, 0.1) is 5.95 Å². The van der Waals surface area contributed by atoms with Gasteiger partial charge in [0.1, 0.15) is 0 Å². The molecular weight excluding hydrogens is 179 g/mol. The molecule has 0 aliphatic carbocycles. The number of fused-ring (bicyclic) bond motifs is 1. The molecule has 1 heterocycles. The molecule has 2 aromatic rings. The minimum absolute atomic E-state index is 0.475. The first-order valence-electron chi connectivity index (χ1n) is 3.33. The molecule has 0 spiro atoms. The van der Waals surface area contributed by atoms with Gasteiger partial charge in [-0.2, -0.15) is 4.39 Å². The molecule has 0 fully saturated rings. The largest absolute Gasteiger partial charge is 0.250 e. The van der Waals surface area contributed by atoms with E-state index in [9.17, 15) is 4.39 Å². The summed E-state index contributed by atoms with van der Waals surface area (Å²) in [5.74, 6) is -0.593. The van der Waals surface area contributed by atoms with Crippen molar-refractivity contribution in [2.24, 2.45) is 0 Å². The van der Waals surface area contributed by atoms with Gasteiger partial charge in [0.15, 0.2) is 0 Å². The van der Waals surface area contributed by atoms with E-state index >= 15 is 0 Å². The van der Waals surface area contributed by atoms with Crippen LogP contribution in [-0.2, 0) is 0 Å². The maximum atomic E-state index is 12.6. The van der Waals surface area contributed by atoms with Crippen LogP contribution in [-0.4, -0.2) is 9.97 Å². The Kier molecular flexibility index (Phi) is 1.66. The predicted molar refractivity (Wildman–Crippen MR) is 44.5 cm³/mol. The molecule has 12 heavy (non-hydrogen) atoms. The van der Waals surface area contributed by atoms with E-state index in [0.29, 0.717) is 16.1 Å². The summed E-state index contributed by atoms with van der Waals surface area (Å²) in [5, 5.41) is 0.530. The van der Waals surface area contributed by atoms with Crippen LogP contribution in [0.5, 0.6) is 0 Å². The summed E-state index contributed by atoms with van der Waals surface area (Å²) in [5.41, 5.74) is 1.11. The highest BCUT2D eigenvalue weighted by Gasteiger charge is 1.98. The van der Waals surface area contributed by atoms with E-state index in [-0.39, 0.29) is 0 Å². The third-order valence-corrected chi connectivity index (χ3v) is 1.71. The van der Waals surface area contributed by atoms with E-state index < -0.39 is 5.95 Å². The Balaban J connectivity index is 2.80. The number of aromatic nitrogens is 2. The van der Waals surface area contributed by atoms with E-state index in [1.807, 2.05) is 0 Å². The van der Waals surface area contributed by atoms with Gasteiger partial charge in [-0.15, -0.1) is 0 Å². The Bertz CT molecular complexity index is 394. The molecular formula is C8H4ClFN2. The average Bonchev–Trinajstić information content (AvgIpc) is 2.03. The highest BCUT2D eigenvalue weighted by molar-refractivity contribution is 6.31. The van der Waals surface area contributed by atoms with Crippen molar-refractivity contribution in [3.05, 3.63) is 35.4 Å². The second kappa shape index (κ2) is 2.68. The smallest absolute Gasteiger partial charge is 0.231 e. The Morgan fingerprint density at radius 3 is 2.92 bits per heavy atom. The Hall–Kier alpha value is -1.22.